The Bertz CT molecular complexity index is 599. The predicted octanol–water partition coefficient (Wildman–Crippen LogP) is 16.4. The Balaban J connectivity index is 2.77. The number of rotatable bonds is 34. The first-order chi connectivity index (χ1) is 21.2. The van der Waals surface area contributed by atoms with Gasteiger partial charge in [0.15, 0.2) is 0 Å². The zero-order chi connectivity index (χ0) is 31.1. The van der Waals surface area contributed by atoms with E-state index in [1.807, 2.05) is 11.1 Å². The van der Waals surface area contributed by atoms with Crippen LogP contribution in [-0.4, -0.2) is 0 Å². The molecule has 0 heteroatoms. The summed E-state index contributed by atoms with van der Waals surface area (Å²) in [6.07, 6.45) is 52.6. The van der Waals surface area contributed by atoms with Crippen LogP contribution < -0.4 is 0 Å². The summed E-state index contributed by atoms with van der Waals surface area (Å²) in [7, 11) is 0. The van der Waals surface area contributed by atoms with Crippen LogP contribution in [0.15, 0.2) is 11.1 Å². The Hall–Kier alpha value is -0.260. The van der Waals surface area contributed by atoms with E-state index in [1.54, 1.807) is 0 Å². The average molecular weight is 601 g/mol. The van der Waals surface area contributed by atoms with Crippen molar-refractivity contribution in [1.82, 2.24) is 0 Å². The Morgan fingerprint density at radius 3 is 1.02 bits per heavy atom. The smallest absolute Gasteiger partial charge is 0.00824 e. The summed E-state index contributed by atoms with van der Waals surface area (Å²) < 4.78 is 0. The molecule has 0 amide bonds. The molecule has 0 saturated heterocycles. The summed E-state index contributed by atoms with van der Waals surface area (Å²) in [5.74, 6) is 0. The fourth-order valence-corrected chi connectivity index (χ4v) is 8.21. The van der Waals surface area contributed by atoms with Gasteiger partial charge in [0.1, 0.15) is 0 Å². The molecule has 0 fully saturated rings. The first-order valence-corrected chi connectivity index (χ1v) is 20.9. The summed E-state index contributed by atoms with van der Waals surface area (Å²) in [5.41, 5.74) is 4.60. The Morgan fingerprint density at radius 1 is 0.349 bits per heavy atom. The van der Waals surface area contributed by atoms with Crippen LogP contribution in [0.2, 0.25) is 0 Å². The van der Waals surface area contributed by atoms with Gasteiger partial charge in [0.2, 0.25) is 0 Å². The van der Waals surface area contributed by atoms with E-state index in [9.17, 15) is 0 Å². The lowest BCUT2D eigenvalue weighted by molar-refractivity contribution is 0.265. The zero-order valence-electron chi connectivity index (χ0n) is 31.0. The first kappa shape index (κ1) is 40.8. The minimum absolute atomic E-state index is 0.587. The second-order valence-electron chi connectivity index (χ2n) is 15.1. The summed E-state index contributed by atoms with van der Waals surface area (Å²) in [6, 6.07) is 0. The molecule has 256 valence electrons. The van der Waals surface area contributed by atoms with Gasteiger partial charge in [-0.1, -0.05) is 219 Å². The van der Waals surface area contributed by atoms with Gasteiger partial charge in [-0.3, -0.25) is 0 Å². The maximum atomic E-state index is 2.35. The molecule has 0 aromatic heterocycles. The van der Waals surface area contributed by atoms with Crippen molar-refractivity contribution < 1.29 is 0 Å². The van der Waals surface area contributed by atoms with Crippen LogP contribution in [-0.2, 0) is 0 Å². The molecule has 0 heterocycles. The van der Waals surface area contributed by atoms with Crippen LogP contribution in [0.1, 0.15) is 259 Å². The molecule has 0 saturated carbocycles. The van der Waals surface area contributed by atoms with Crippen molar-refractivity contribution in [2.75, 3.05) is 0 Å². The highest BCUT2D eigenvalue weighted by molar-refractivity contribution is 5.29. The predicted molar refractivity (Wildman–Crippen MR) is 198 cm³/mol. The molecule has 1 atom stereocenters. The molecule has 0 aromatic carbocycles. The van der Waals surface area contributed by atoms with Crippen molar-refractivity contribution in [2.24, 2.45) is 5.41 Å². The third kappa shape index (κ3) is 21.2. The SMILES string of the molecule is CCCCCCCCCCC1=C(CCCCCCCCCC)C(CCCCCCCC)(CCCCCCCCCC)CC1. The Morgan fingerprint density at radius 2 is 0.651 bits per heavy atom. The van der Waals surface area contributed by atoms with Gasteiger partial charge in [-0.05, 0) is 56.8 Å². The van der Waals surface area contributed by atoms with Crippen LogP contribution in [0.5, 0.6) is 0 Å². The Kier molecular flexibility index (Phi) is 28.8. The van der Waals surface area contributed by atoms with E-state index in [1.165, 1.54) is 231 Å². The second-order valence-corrected chi connectivity index (χ2v) is 15.1. The van der Waals surface area contributed by atoms with Crippen molar-refractivity contribution in [3.8, 4) is 0 Å². The maximum Gasteiger partial charge on any atom is -0.00824 e. The third-order valence-corrected chi connectivity index (χ3v) is 11.1. The maximum absolute atomic E-state index is 2.35. The highest BCUT2D eigenvalue weighted by atomic mass is 14.4. The van der Waals surface area contributed by atoms with E-state index in [0.717, 1.165) is 0 Å². The van der Waals surface area contributed by atoms with Gasteiger partial charge in [0, 0.05) is 0 Å². The van der Waals surface area contributed by atoms with Crippen molar-refractivity contribution in [2.45, 2.75) is 259 Å². The molecule has 0 spiro atoms. The van der Waals surface area contributed by atoms with E-state index in [0.29, 0.717) is 5.41 Å². The molecule has 0 radical (unpaired) electrons. The molecule has 0 bridgehead atoms. The van der Waals surface area contributed by atoms with Gasteiger partial charge < -0.3 is 0 Å². The van der Waals surface area contributed by atoms with Gasteiger partial charge in [-0.25, -0.2) is 0 Å². The lowest BCUT2D eigenvalue weighted by atomic mass is 9.71. The summed E-state index contributed by atoms with van der Waals surface area (Å²) in [4.78, 5) is 0. The molecule has 0 N–H and O–H groups in total. The quantitative estimate of drug-likeness (QED) is 0.0509. The van der Waals surface area contributed by atoms with E-state index in [-0.39, 0.29) is 0 Å². The molecular formula is C43H84. The number of hydrogen-bond acceptors (Lipinski definition) is 0. The van der Waals surface area contributed by atoms with Gasteiger partial charge in [-0.15, -0.1) is 0 Å². The molecule has 43 heavy (non-hydrogen) atoms. The van der Waals surface area contributed by atoms with Gasteiger partial charge in [0.25, 0.3) is 0 Å². The van der Waals surface area contributed by atoms with Gasteiger partial charge >= 0.3 is 0 Å². The fourth-order valence-electron chi connectivity index (χ4n) is 8.21. The molecule has 0 nitrogen and oxygen atoms in total. The number of unbranched alkanes of at least 4 members (excludes halogenated alkanes) is 26. The first-order valence-electron chi connectivity index (χ1n) is 20.9. The zero-order valence-corrected chi connectivity index (χ0v) is 31.0. The standard InChI is InChI=1S/C43H84/c1-5-9-13-17-21-24-27-31-35-41-37-40-43(38-33-29-20-16-12-8-4,39-34-30-26-23-19-15-11-7-3)42(41)36-32-28-25-22-18-14-10-6-2/h5-40H2,1-4H3. The average Bonchev–Trinajstić information content (AvgIpc) is 3.35. The molecule has 1 aliphatic carbocycles. The summed E-state index contributed by atoms with van der Waals surface area (Å²) in [6.45, 7) is 9.37. The van der Waals surface area contributed by atoms with Crippen molar-refractivity contribution in [3.63, 3.8) is 0 Å². The monoisotopic (exact) mass is 601 g/mol. The van der Waals surface area contributed by atoms with Crippen LogP contribution in [0.3, 0.4) is 0 Å². The van der Waals surface area contributed by atoms with E-state index in [4.69, 9.17) is 0 Å². The highest BCUT2D eigenvalue weighted by Gasteiger charge is 2.38. The third-order valence-electron chi connectivity index (χ3n) is 11.1. The number of hydrogen-bond donors (Lipinski definition) is 0. The van der Waals surface area contributed by atoms with Crippen LogP contribution >= 0.6 is 0 Å². The fraction of sp³-hybridized carbons (Fsp3) is 0.953. The largest absolute Gasteiger partial charge is 0.0704 e. The molecular weight excluding hydrogens is 516 g/mol. The lowest BCUT2D eigenvalue weighted by Crippen LogP contribution is -2.21. The second kappa shape index (κ2) is 30.4. The molecule has 1 rings (SSSR count). The van der Waals surface area contributed by atoms with Crippen LogP contribution in [0.25, 0.3) is 0 Å². The van der Waals surface area contributed by atoms with E-state index < -0.39 is 0 Å². The van der Waals surface area contributed by atoms with Crippen LogP contribution in [0, 0.1) is 5.41 Å². The molecule has 1 unspecified atom stereocenters. The van der Waals surface area contributed by atoms with Gasteiger partial charge in [-0.2, -0.15) is 0 Å². The summed E-state index contributed by atoms with van der Waals surface area (Å²) in [5, 5.41) is 0. The Labute approximate surface area is 274 Å². The number of allylic oxidation sites excluding steroid dienone is 2. The molecule has 1 aliphatic rings. The van der Waals surface area contributed by atoms with E-state index in [2.05, 4.69) is 27.7 Å². The highest BCUT2D eigenvalue weighted by Crippen LogP contribution is 2.53. The topological polar surface area (TPSA) is 0 Å². The summed E-state index contributed by atoms with van der Waals surface area (Å²) >= 11 is 0. The minimum Gasteiger partial charge on any atom is -0.0704 e. The normalized spacial score (nSPS) is 17.0. The van der Waals surface area contributed by atoms with Crippen LogP contribution in [0.4, 0.5) is 0 Å². The van der Waals surface area contributed by atoms with Gasteiger partial charge in [0.05, 0.1) is 0 Å². The molecule has 0 aromatic rings. The molecule has 0 aliphatic heterocycles. The van der Waals surface area contributed by atoms with Crippen molar-refractivity contribution in [3.05, 3.63) is 11.1 Å². The minimum atomic E-state index is 0.587. The lowest BCUT2D eigenvalue weighted by Gasteiger charge is -2.34. The van der Waals surface area contributed by atoms with E-state index >= 15 is 0 Å². The van der Waals surface area contributed by atoms with Crippen molar-refractivity contribution in [1.29, 1.82) is 0 Å². The van der Waals surface area contributed by atoms with Crippen molar-refractivity contribution >= 4 is 0 Å².